The van der Waals surface area contributed by atoms with Crippen molar-refractivity contribution in [2.75, 3.05) is 19.8 Å². The first-order chi connectivity index (χ1) is 5.72. The Kier molecular flexibility index (Phi) is 6.22. The van der Waals surface area contributed by atoms with Gasteiger partial charge < -0.3 is 15.5 Å². The molecule has 0 aliphatic heterocycles. The molecule has 0 aromatic carbocycles. The van der Waals surface area contributed by atoms with Crippen LogP contribution in [0.3, 0.4) is 0 Å². The van der Waals surface area contributed by atoms with Gasteiger partial charge in [-0.25, -0.2) is 0 Å². The summed E-state index contributed by atoms with van der Waals surface area (Å²) in [5.74, 6) is -1.25. The van der Waals surface area contributed by atoms with Crippen molar-refractivity contribution in [2.45, 2.75) is 12.8 Å². The molecule has 3 N–H and O–H groups in total. The van der Waals surface area contributed by atoms with Crippen molar-refractivity contribution in [2.24, 2.45) is 0 Å². The average molecular weight is 175 g/mol. The Morgan fingerprint density at radius 2 is 1.83 bits per heavy atom. The molecule has 0 spiro atoms. The Morgan fingerprint density at radius 1 is 1.17 bits per heavy atom. The molecule has 12 heavy (non-hydrogen) atoms. The van der Waals surface area contributed by atoms with Crippen LogP contribution in [0, 0.1) is 0 Å². The summed E-state index contributed by atoms with van der Waals surface area (Å²) in [6.07, 6.45) is 0.346. The van der Waals surface area contributed by atoms with E-state index in [1.807, 2.05) is 0 Å². The zero-order valence-electron chi connectivity index (χ0n) is 6.75. The number of ketones is 1. The van der Waals surface area contributed by atoms with Crippen LogP contribution in [0.2, 0.25) is 0 Å². The van der Waals surface area contributed by atoms with Crippen LogP contribution in [0.15, 0.2) is 0 Å². The molecule has 0 aromatic heterocycles. The van der Waals surface area contributed by atoms with Crippen LogP contribution in [0.4, 0.5) is 0 Å². The summed E-state index contributed by atoms with van der Waals surface area (Å²) in [4.78, 5) is 21.6. The molecule has 0 radical (unpaired) electrons. The molecular formula is C7H13NO4. The van der Waals surface area contributed by atoms with Gasteiger partial charge in [-0.2, -0.15) is 0 Å². The molecule has 5 nitrogen and oxygen atoms in total. The highest BCUT2D eigenvalue weighted by atomic mass is 16.3. The van der Waals surface area contributed by atoms with Crippen molar-refractivity contribution in [1.29, 1.82) is 0 Å². The number of carbonyl (C=O) groups excluding carboxylic acids is 2. The molecule has 70 valence electrons. The van der Waals surface area contributed by atoms with Crippen molar-refractivity contribution in [3.05, 3.63) is 0 Å². The molecule has 0 aromatic rings. The molecule has 0 fully saturated rings. The minimum Gasteiger partial charge on any atom is -0.396 e. The predicted molar refractivity (Wildman–Crippen MR) is 41.4 cm³/mol. The maximum absolute atomic E-state index is 10.8. The van der Waals surface area contributed by atoms with Crippen molar-refractivity contribution in [1.82, 2.24) is 5.32 Å². The largest absolute Gasteiger partial charge is 0.396 e. The van der Waals surface area contributed by atoms with E-state index in [0.717, 1.165) is 0 Å². The van der Waals surface area contributed by atoms with E-state index in [1.54, 1.807) is 0 Å². The summed E-state index contributed by atoms with van der Waals surface area (Å²) in [5.41, 5.74) is 0. The van der Waals surface area contributed by atoms with E-state index in [4.69, 9.17) is 10.2 Å². The van der Waals surface area contributed by atoms with Crippen LogP contribution >= 0.6 is 0 Å². The second kappa shape index (κ2) is 6.75. The lowest BCUT2D eigenvalue weighted by molar-refractivity contribution is -0.138. The summed E-state index contributed by atoms with van der Waals surface area (Å²) in [5, 5.41) is 18.9. The minimum atomic E-state index is -0.697. The Morgan fingerprint density at radius 3 is 2.33 bits per heavy atom. The highest BCUT2D eigenvalue weighted by Gasteiger charge is 2.11. The van der Waals surface area contributed by atoms with Gasteiger partial charge in [0.15, 0.2) is 0 Å². The number of rotatable bonds is 6. The van der Waals surface area contributed by atoms with Gasteiger partial charge >= 0.3 is 0 Å². The van der Waals surface area contributed by atoms with Gasteiger partial charge in [0.1, 0.15) is 0 Å². The third-order valence-electron chi connectivity index (χ3n) is 1.21. The molecule has 0 unspecified atom stereocenters. The highest BCUT2D eigenvalue weighted by molar-refractivity contribution is 6.36. The van der Waals surface area contributed by atoms with E-state index in [2.05, 4.69) is 5.32 Å². The molecule has 0 saturated heterocycles. The molecule has 1 amide bonds. The first kappa shape index (κ1) is 11.1. The first-order valence-corrected chi connectivity index (χ1v) is 3.75. The topological polar surface area (TPSA) is 86.6 Å². The lowest BCUT2D eigenvalue weighted by Crippen LogP contribution is -2.32. The van der Waals surface area contributed by atoms with Gasteiger partial charge in [-0.3, -0.25) is 9.59 Å². The highest BCUT2D eigenvalue weighted by Crippen LogP contribution is 1.88. The molecule has 0 atom stereocenters. The number of amides is 1. The van der Waals surface area contributed by atoms with Crippen LogP contribution in [0.25, 0.3) is 0 Å². The summed E-state index contributed by atoms with van der Waals surface area (Å²) >= 11 is 0. The lowest BCUT2D eigenvalue weighted by Gasteiger charge is -2.00. The van der Waals surface area contributed by atoms with Gasteiger partial charge in [0.05, 0.1) is 6.61 Å². The minimum absolute atomic E-state index is 0.0494. The van der Waals surface area contributed by atoms with Crippen molar-refractivity contribution in [3.63, 3.8) is 0 Å². The first-order valence-electron chi connectivity index (χ1n) is 3.75. The van der Waals surface area contributed by atoms with Crippen molar-refractivity contribution < 1.29 is 19.8 Å². The molecule has 0 bridgehead atoms. The molecule has 0 aliphatic carbocycles. The number of aliphatic hydroxyl groups excluding tert-OH is 2. The standard InChI is InChI=1S/C7H13NO4/c9-4-1-2-6(11)7(12)8-3-5-10/h9-10H,1-5H2,(H,8,12). The van der Waals surface area contributed by atoms with Crippen LogP contribution in [-0.4, -0.2) is 41.7 Å². The van der Waals surface area contributed by atoms with Crippen LogP contribution in [0.5, 0.6) is 0 Å². The zero-order chi connectivity index (χ0) is 9.40. The van der Waals surface area contributed by atoms with Crippen LogP contribution in [-0.2, 0) is 9.59 Å². The fourth-order valence-corrected chi connectivity index (χ4v) is 0.621. The SMILES string of the molecule is O=C(CCCO)C(=O)NCCO. The van der Waals surface area contributed by atoms with E-state index < -0.39 is 11.7 Å². The summed E-state index contributed by atoms with van der Waals surface area (Å²) in [7, 11) is 0. The number of nitrogens with one attached hydrogen (secondary N) is 1. The maximum Gasteiger partial charge on any atom is 0.287 e. The molecular weight excluding hydrogens is 162 g/mol. The van der Waals surface area contributed by atoms with Crippen LogP contribution in [0.1, 0.15) is 12.8 Å². The number of Topliss-reactive ketones (excluding diaryl/α,β-unsaturated/α-hetero) is 1. The molecule has 0 rings (SSSR count). The Bertz CT molecular complexity index is 139. The monoisotopic (exact) mass is 175 g/mol. The normalized spacial score (nSPS) is 9.50. The van der Waals surface area contributed by atoms with Gasteiger partial charge in [0, 0.05) is 19.6 Å². The van der Waals surface area contributed by atoms with Gasteiger partial charge in [-0.15, -0.1) is 0 Å². The predicted octanol–water partition coefficient (Wildman–Crippen LogP) is -1.56. The van der Waals surface area contributed by atoms with E-state index in [9.17, 15) is 9.59 Å². The van der Waals surface area contributed by atoms with Gasteiger partial charge in [-0.05, 0) is 6.42 Å². The molecule has 0 saturated carbocycles. The van der Waals surface area contributed by atoms with E-state index in [0.29, 0.717) is 6.42 Å². The summed E-state index contributed by atoms with van der Waals surface area (Å²) < 4.78 is 0. The quantitative estimate of drug-likeness (QED) is 0.426. The second-order valence-electron chi connectivity index (χ2n) is 2.23. The smallest absolute Gasteiger partial charge is 0.287 e. The summed E-state index contributed by atoms with van der Waals surface area (Å²) in [6.45, 7) is -0.193. The Labute approximate surface area is 70.4 Å². The van der Waals surface area contributed by atoms with E-state index in [1.165, 1.54) is 0 Å². The average Bonchev–Trinajstić information content (AvgIpc) is 2.10. The second-order valence-corrected chi connectivity index (χ2v) is 2.23. The van der Waals surface area contributed by atoms with Crippen molar-refractivity contribution in [3.8, 4) is 0 Å². The summed E-state index contributed by atoms with van der Waals surface area (Å²) in [6, 6.07) is 0. The van der Waals surface area contributed by atoms with Gasteiger partial charge in [-0.1, -0.05) is 0 Å². The number of aliphatic hydroxyl groups is 2. The lowest BCUT2D eigenvalue weighted by atomic mass is 10.2. The molecule has 5 heteroatoms. The molecule has 0 aliphatic rings. The Balaban J connectivity index is 3.55. The fourth-order valence-electron chi connectivity index (χ4n) is 0.621. The fraction of sp³-hybridized carbons (Fsp3) is 0.714. The third kappa shape index (κ3) is 4.81. The Hall–Kier alpha value is -0.940. The number of hydrogen-bond donors (Lipinski definition) is 3. The van der Waals surface area contributed by atoms with E-state index >= 15 is 0 Å². The van der Waals surface area contributed by atoms with Crippen LogP contribution < -0.4 is 5.32 Å². The van der Waals surface area contributed by atoms with Gasteiger partial charge in [0.2, 0.25) is 5.78 Å². The number of carbonyl (C=O) groups is 2. The number of hydrogen-bond acceptors (Lipinski definition) is 4. The van der Waals surface area contributed by atoms with E-state index in [-0.39, 0.29) is 26.2 Å². The zero-order valence-corrected chi connectivity index (χ0v) is 6.75. The van der Waals surface area contributed by atoms with Crippen molar-refractivity contribution >= 4 is 11.7 Å². The van der Waals surface area contributed by atoms with Gasteiger partial charge in [0.25, 0.3) is 5.91 Å². The maximum atomic E-state index is 10.8. The third-order valence-corrected chi connectivity index (χ3v) is 1.21. The molecule has 0 heterocycles.